The van der Waals surface area contributed by atoms with E-state index in [-0.39, 0.29) is 62.8 Å². The quantitative estimate of drug-likeness (QED) is 0.240. The van der Waals surface area contributed by atoms with Crippen molar-refractivity contribution in [3.05, 3.63) is 29.6 Å². The van der Waals surface area contributed by atoms with Crippen LogP contribution in [0.4, 0.5) is 0 Å². The number of carbonyl (C=O) groups is 2. The molecule has 0 unspecified atom stereocenters. The Morgan fingerprint density at radius 1 is 1.07 bits per heavy atom. The molecule has 1 rings (SSSR count). The molecule has 15 heavy (non-hydrogen) atoms. The van der Waals surface area contributed by atoms with Crippen LogP contribution in [0.5, 0.6) is 0 Å². The fourth-order valence-corrected chi connectivity index (χ4v) is 0.802. The molecule has 0 atom stereocenters. The van der Waals surface area contributed by atoms with E-state index in [0.29, 0.717) is 0 Å². The first-order valence-corrected chi connectivity index (χ1v) is 3.55. The summed E-state index contributed by atoms with van der Waals surface area (Å²) in [5.74, 6) is -1.67. The van der Waals surface area contributed by atoms with Crippen molar-refractivity contribution in [2.45, 2.75) is 0 Å². The molecular formula is C7H7KN3O4+. The maximum absolute atomic E-state index is 10.9. The van der Waals surface area contributed by atoms with Crippen molar-refractivity contribution in [1.29, 1.82) is 0 Å². The van der Waals surface area contributed by atoms with Gasteiger partial charge in [0.2, 0.25) is 0 Å². The van der Waals surface area contributed by atoms with Crippen LogP contribution in [-0.4, -0.2) is 27.2 Å². The van der Waals surface area contributed by atoms with Gasteiger partial charge in [-0.1, -0.05) is 6.07 Å². The number of carbonyl (C=O) groups excluding carboxylic acids is 2. The second kappa shape index (κ2) is 7.01. The van der Waals surface area contributed by atoms with Gasteiger partial charge in [-0.05, 0) is 12.1 Å². The zero-order valence-electron chi connectivity index (χ0n) is 7.89. The predicted octanol–water partition coefficient (Wildman–Crippen LogP) is -3.68. The third-order valence-electron chi connectivity index (χ3n) is 1.42. The molecule has 0 radical (unpaired) electrons. The SMILES string of the molecule is O=C(NO)c1cccc(C(=O)NO)n1.[K+]. The topological polar surface area (TPSA) is 112 Å². The Morgan fingerprint density at radius 3 is 1.80 bits per heavy atom. The molecule has 0 aromatic carbocycles. The van der Waals surface area contributed by atoms with Crippen LogP contribution in [0.3, 0.4) is 0 Å². The van der Waals surface area contributed by atoms with Crippen LogP contribution in [0.25, 0.3) is 0 Å². The van der Waals surface area contributed by atoms with Gasteiger partial charge in [0.05, 0.1) is 0 Å². The van der Waals surface area contributed by atoms with E-state index in [2.05, 4.69) is 4.98 Å². The number of nitrogens with zero attached hydrogens (tertiary/aromatic N) is 1. The van der Waals surface area contributed by atoms with Gasteiger partial charge in [0, 0.05) is 0 Å². The number of amides is 2. The van der Waals surface area contributed by atoms with Crippen LogP contribution in [0, 0.1) is 0 Å². The summed E-state index contributed by atoms with van der Waals surface area (Å²) >= 11 is 0. The molecule has 0 fully saturated rings. The summed E-state index contributed by atoms with van der Waals surface area (Å²) in [5.41, 5.74) is 2.48. The maximum Gasteiger partial charge on any atom is 1.00 e. The van der Waals surface area contributed by atoms with Gasteiger partial charge in [-0.15, -0.1) is 0 Å². The fourth-order valence-electron chi connectivity index (χ4n) is 0.802. The van der Waals surface area contributed by atoms with Crippen LogP contribution in [0.1, 0.15) is 21.0 Å². The monoisotopic (exact) mass is 236 g/mol. The molecule has 1 aromatic rings. The van der Waals surface area contributed by atoms with E-state index in [1.54, 1.807) is 0 Å². The molecule has 0 bridgehead atoms. The van der Waals surface area contributed by atoms with Crippen LogP contribution < -0.4 is 62.3 Å². The minimum atomic E-state index is -0.836. The zero-order valence-corrected chi connectivity index (χ0v) is 11.0. The van der Waals surface area contributed by atoms with E-state index in [1.165, 1.54) is 29.2 Å². The van der Waals surface area contributed by atoms with Crippen molar-refractivity contribution in [2.24, 2.45) is 0 Å². The van der Waals surface area contributed by atoms with E-state index in [1.807, 2.05) is 0 Å². The van der Waals surface area contributed by atoms with Gasteiger partial charge in [-0.3, -0.25) is 20.0 Å². The normalized spacial score (nSPS) is 8.67. The Hall–Kier alpha value is -0.354. The zero-order chi connectivity index (χ0) is 10.6. The predicted molar refractivity (Wildman–Crippen MR) is 42.7 cm³/mol. The number of aromatic nitrogens is 1. The van der Waals surface area contributed by atoms with Gasteiger partial charge in [-0.2, -0.15) is 0 Å². The smallest absolute Gasteiger partial charge is 0.288 e. The van der Waals surface area contributed by atoms with Gasteiger partial charge >= 0.3 is 51.4 Å². The van der Waals surface area contributed by atoms with Gasteiger partial charge in [-0.25, -0.2) is 15.9 Å². The molecular weight excluding hydrogens is 229 g/mol. The first kappa shape index (κ1) is 14.6. The molecule has 0 aliphatic heterocycles. The molecule has 0 saturated carbocycles. The van der Waals surface area contributed by atoms with Crippen molar-refractivity contribution in [1.82, 2.24) is 15.9 Å². The number of hydrogen-bond donors (Lipinski definition) is 4. The molecule has 7 nitrogen and oxygen atoms in total. The number of rotatable bonds is 2. The van der Waals surface area contributed by atoms with Crippen LogP contribution >= 0.6 is 0 Å². The molecule has 8 heteroatoms. The van der Waals surface area contributed by atoms with Crippen LogP contribution in [-0.2, 0) is 0 Å². The molecule has 0 aliphatic carbocycles. The maximum atomic E-state index is 10.9. The number of hydrogen-bond acceptors (Lipinski definition) is 5. The summed E-state index contributed by atoms with van der Waals surface area (Å²) in [6, 6.07) is 4.00. The van der Waals surface area contributed by atoms with Crippen molar-refractivity contribution in [2.75, 3.05) is 0 Å². The molecule has 0 saturated heterocycles. The molecule has 1 aromatic heterocycles. The van der Waals surface area contributed by atoms with E-state index >= 15 is 0 Å². The van der Waals surface area contributed by atoms with Gasteiger partial charge < -0.3 is 0 Å². The minimum Gasteiger partial charge on any atom is -0.288 e. The van der Waals surface area contributed by atoms with Crippen molar-refractivity contribution in [3.63, 3.8) is 0 Å². The largest absolute Gasteiger partial charge is 1.00 e. The molecule has 74 valence electrons. The average Bonchev–Trinajstić information content (AvgIpc) is 2.27. The molecule has 0 aliphatic rings. The van der Waals surface area contributed by atoms with E-state index in [4.69, 9.17) is 10.4 Å². The number of pyridine rings is 1. The Labute approximate surface area is 127 Å². The Kier molecular flexibility index (Phi) is 6.84. The summed E-state index contributed by atoms with van der Waals surface area (Å²) in [4.78, 5) is 25.3. The van der Waals surface area contributed by atoms with Crippen molar-refractivity contribution >= 4 is 11.8 Å². The summed E-state index contributed by atoms with van der Waals surface area (Å²) in [6.07, 6.45) is 0. The van der Waals surface area contributed by atoms with Crippen molar-refractivity contribution < 1.29 is 71.4 Å². The molecule has 4 N–H and O–H groups in total. The first-order valence-electron chi connectivity index (χ1n) is 3.55. The summed E-state index contributed by atoms with van der Waals surface area (Å²) in [7, 11) is 0. The third kappa shape index (κ3) is 3.95. The van der Waals surface area contributed by atoms with Gasteiger partial charge in [0.15, 0.2) is 0 Å². The van der Waals surface area contributed by atoms with E-state index in [0.717, 1.165) is 0 Å². The summed E-state index contributed by atoms with van der Waals surface area (Å²) in [6.45, 7) is 0. The Bertz CT molecular complexity index is 340. The first-order chi connectivity index (χ1) is 6.69. The Balaban J connectivity index is 0.00000196. The number of nitrogens with one attached hydrogen (secondary N) is 2. The van der Waals surface area contributed by atoms with E-state index < -0.39 is 11.8 Å². The second-order valence-corrected chi connectivity index (χ2v) is 2.29. The third-order valence-corrected chi connectivity index (χ3v) is 1.42. The van der Waals surface area contributed by atoms with Crippen molar-refractivity contribution in [3.8, 4) is 0 Å². The standard InChI is InChI=1S/C7H7N3O4.K/c11-6(9-13)4-2-1-3-5(8-4)7(12)10-14;/h1-3,13-14H,(H,9,11)(H,10,12);/q;+1. The molecule has 0 spiro atoms. The number of hydroxylamine groups is 2. The minimum absolute atomic E-state index is 0. The van der Waals surface area contributed by atoms with Gasteiger partial charge in [0.1, 0.15) is 11.4 Å². The molecule has 1 heterocycles. The summed E-state index contributed by atoms with van der Waals surface area (Å²) < 4.78 is 0. The van der Waals surface area contributed by atoms with E-state index in [9.17, 15) is 9.59 Å². The summed E-state index contributed by atoms with van der Waals surface area (Å²) in [5, 5.41) is 16.6. The van der Waals surface area contributed by atoms with Crippen LogP contribution in [0.2, 0.25) is 0 Å². The fraction of sp³-hybridized carbons (Fsp3) is 0. The second-order valence-electron chi connectivity index (χ2n) is 2.29. The average molecular weight is 236 g/mol. The molecule has 2 amide bonds. The van der Waals surface area contributed by atoms with Crippen LogP contribution in [0.15, 0.2) is 18.2 Å². The Morgan fingerprint density at radius 2 is 1.47 bits per heavy atom. The van der Waals surface area contributed by atoms with Gasteiger partial charge in [0.25, 0.3) is 11.8 Å².